The normalized spacial score (nSPS) is 8.31. The standard InChI is InChI=1S/C9H14O3.Ti/c1-5-8(10)12-9(11)7(4)6(2)3;/h5H2,1-4H3;. The molecule has 0 amide bonds. The molecule has 0 heterocycles. The summed E-state index contributed by atoms with van der Waals surface area (Å²) in [4.78, 5) is 21.7. The molecule has 0 aromatic carbocycles. The number of ether oxygens (including phenoxy) is 1. The Bertz CT molecular complexity index is 227. The first kappa shape index (κ1) is 15.1. The molecule has 0 aromatic rings. The fourth-order valence-corrected chi connectivity index (χ4v) is 0.456. The van der Waals surface area contributed by atoms with Crippen LogP contribution in [0.15, 0.2) is 11.1 Å². The van der Waals surface area contributed by atoms with Crippen molar-refractivity contribution in [2.45, 2.75) is 34.1 Å². The third-order valence-electron chi connectivity index (χ3n) is 1.55. The van der Waals surface area contributed by atoms with Gasteiger partial charge in [0.1, 0.15) is 0 Å². The Kier molecular flexibility index (Phi) is 8.17. The molecule has 0 aromatic heterocycles. The van der Waals surface area contributed by atoms with Gasteiger partial charge in [0.2, 0.25) is 0 Å². The van der Waals surface area contributed by atoms with Crippen LogP contribution in [0.4, 0.5) is 0 Å². The van der Waals surface area contributed by atoms with Crippen LogP contribution in [0.1, 0.15) is 34.1 Å². The van der Waals surface area contributed by atoms with Crippen molar-refractivity contribution in [2.75, 3.05) is 0 Å². The van der Waals surface area contributed by atoms with E-state index in [4.69, 9.17) is 0 Å². The van der Waals surface area contributed by atoms with Crippen LogP contribution in [0.2, 0.25) is 0 Å². The van der Waals surface area contributed by atoms with Crippen molar-refractivity contribution in [3.63, 3.8) is 0 Å². The number of esters is 2. The van der Waals surface area contributed by atoms with Gasteiger partial charge in [-0.25, -0.2) is 4.79 Å². The van der Waals surface area contributed by atoms with E-state index in [9.17, 15) is 9.59 Å². The molecule has 72 valence electrons. The molecular formula is C9H14O3Ti. The zero-order chi connectivity index (χ0) is 9.72. The Hall–Kier alpha value is -0.406. The molecule has 0 radical (unpaired) electrons. The number of carbonyl (C=O) groups excluding carboxylic acids is 2. The van der Waals surface area contributed by atoms with Crippen LogP contribution in [0.5, 0.6) is 0 Å². The van der Waals surface area contributed by atoms with Gasteiger partial charge in [-0.15, -0.1) is 0 Å². The van der Waals surface area contributed by atoms with E-state index < -0.39 is 11.9 Å². The molecule has 0 fully saturated rings. The van der Waals surface area contributed by atoms with Crippen molar-refractivity contribution in [2.24, 2.45) is 0 Å². The second kappa shape index (κ2) is 7.04. The van der Waals surface area contributed by atoms with Gasteiger partial charge in [-0.2, -0.15) is 0 Å². The van der Waals surface area contributed by atoms with Crippen molar-refractivity contribution in [1.29, 1.82) is 0 Å². The molecule has 4 heteroatoms. The summed E-state index contributed by atoms with van der Waals surface area (Å²) in [6.07, 6.45) is 0.224. The first-order valence-corrected chi connectivity index (χ1v) is 3.88. The molecule has 0 unspecified atom stereocenters. The minimum absolute atomic E-state index is 0. The van der Waals surface area contributed by atoms with Crippen molar-refractivity contribution < 1.29 is 36.0 Å². The molecule has 0 aliphatic carbocycles. The van der Waals surface area contributed by atoms with E-state index >= 15 is 0 Å². The predicted molar refractivity (Wildman–Crippen MR) is 45.4 cm³/mol. The number of hydrogen-bond donors (Lipinski definition) is 0. The molecule has 0 aliphatic rings. The zero-order valence-electron chi connectivity index (χ0n) is 8.43. The third-order valence-corrected chi connectivity index (χ3v) is 1.55. The Morgan fingerprint density at radius 3 is 1.92 bits per heavy atom. The van der Waals surface area contributed by atoms with Crippen LogP contribution in [0.25, 0.3) is 0 Å². The Morgan fingerprint density at radius 1 is 1.15 bits per heavy atom. The van der Waals surface area contributed by atoms with E-state index in [1.165, 1.54) is 0 Å². The van der Waals surface area contributed by atoms with Gasteiger partial charge in [0.25, 0.3) is 0 Å². The zero-order valence-corrected chi connectivity index (χ0v) is 9.99. The van der Waals surface area contributed by atoms with Gasteiger partial charge in [-0.1, -0.05) is 12.5 Å². The molecule has 0 bridgehead atoms. The molecular weight excluding hydrogens is 204 g/mol. The van der Waals surface area contributed by atoms with Crippen molar-refractivity contribution in [1.82, 2.24) is 0 Å². The average molecular weight is 218 g/mol. The van der Waals surface area contributed by atoms with Crippen LogP contribution in [-0.2, 0) is 36.0 Å². The van der Waals surface area contributed by atoms with Gasteiger partial charge < -0.3 is 4.74 Å². The Balaban J connectivity index is 0. The van der Waals surface area contributed by atoms with Crippen LogP contribution in [0.3, 0.4) is 0 Å². The molecule has 0 saturated heterocycles. The van der Waals surface area contributed by atoms with E-state index in [1.54, 1.807) is 27.7 Å². The van der Waals surface area contributed by atoms with Gasteiger partial charge in [0.15, 0.2) is 0 Å². The van der Waals surface area contributed by atoms with Crippen LogP contribution in [-0.4, -0.2) is 11.9 Å². The minimum Gasteiger partial charge on any atom is -0.390 e. The maximum Gasteiger partial charge on any atom is 0.341 e. The molecule has 0 saturated carbocycles. The number of hydrogen-bond acceptors (Lipinski definition) is 3. The van der Waals surface area contributed by atoms with Crippen LogP contribution in [0, 0.1) is 0 Å². The third kappa shape index (κ3) is 5.78. The van der Waals surface area contributed by atoms with E-state index in [1.807, 2.05) is 0 Å². The molecule has 0 rings (SSSR count). The first-order chi connectivity index (χ1) is 5.49. The van der Waals surface area contributed by atoms with Gasteiger partial charge in [0, 0.05) is 33.7 Å². The summed E-state index contributed by atoms with van der Waals surface area (Å²) >= 11 is 0. The summed E-state index contributed by atoms with van der Waals surface area (Å²) in [7, 11) is 0. The summed E-state index contributed by atoms with van der Waals surface area (Å²) in [5.41, 5.74) is 1.36. The summed E-state index contributed by atoms with van der Waals surface area (Å²) < 4.78 is 4.49. The first-order valence-electron chi connectivity index (χ1n) is 3.88. The summed E-state index contributed by atoms with van der Waals surface area (Å²) in [6.45, 7) is 6.88. The second-order valence-corrected chi connectivity index (χ2v) is 2.74. The van der Waals surface area contributed by atoms with E-state index in [-0.39, 0.29) is 28.1 Å². The van der Waals surface area contributed by atoms with Crippen LogP contribution >= 0.6 is 0 Å². The fourth-order valence-electron chi connectivity index (χ4n) is 0.456. The predicted octanol–water partition coefficient (Wildman–Crippen LogP) is 1.82. The SMILES string of the molecule is CCC(=O)OC(=O)C(C)=C(C)C.[Ti]. The van der Waals surface area contributed by atoms with Crippen LogP contribution < -0.4 is 0 Å². The second-order valence-electron chi connectivity index (χ2n) is 2.74. The maximum absolute atomic E-state index is 11.1. The van der Waals surface area contributed by atoms with Gasteiger partial charge in [-0.3, -0.25) is 4.79 Å². The average Bonchev–Trinajstić information content (AvgIpc) is 2.02. The summed E-state index contributed by atoms with van der Waals surface area (Å²) in [5, 5.41) is 0. The van der Waals surface area contributed by atoms with Crippen molar-refractivity contribution in [3.05, 3.63) is 11.1 Å². The molecule has 0 atom stereocenters. The van der Waals surface area contributed by atoms with Gasteiger partial charge in [0.05, 0.1) is 0 Å². The maximum atomic E-state index is 11.1. The molecule has 0 aliphatic heterocycles. The number of carbonyl (C=O) groups is 2. The van der Waals surface area contributed by atoms with E-state index in [0.717, 1.165) is 5.57 Å². The van der Waals surface area contributed by atoms with Gasteiger partial charge in [-0.05, 0) is 20.8 Å². The van der Waals surface area contributed by atoms with E-state index in [0.29, 0.717) is 5.57 Å². The Labute approximate surface area is 93.4 Å². The Morgan fingerprint density at radius 2 is 1.62 bits per heavy atom. The molecule has 3 nitrogen and oxygen atoms in total. The monoisotopic (exact) mass is 218 g/mol. The number of allylic oxidation sites excluding steroid dienone is 1. The summed E-state index contributed by atoms with van der Waals surface area (Å²) in [6, 6.07) is 0. The quantitative estimate of drug-likeness (QED) is 0.307. The fraction of sp³-hybridized carbons (Fsp3) is 0.556. The largest absolute Gasteiger partial charge is 0.390 e. The topological polar surface area (TPSA) is 43.4 Å². The minimum atomic E-state index is -0.540. The van der Waals surface area contributed by atoms with Gasteiger partial charge >= 0.3 is 11.9 Å². The summed E-state index contributed by atoms with van der Waals surface area (Å²) in [5.74, 6) is -1.03. The van der Waals surface area contributed by atoms with Crippen molar-refractivity contribution >= 4 is 11.9 Å². The molecule has 13 heavy (non-hydrogen) atoms. The number of rotatable bonds is 2. The molecule has 0 spiro atoms. The van der Waals surface area contributed by atoms with E-state index in [2.05, 4.69) is 4.74 Å². The molecule has 0 N–H and O–H groups in total. The smallest absolute Gasteiger partial charge is 0.341 e. The van der Waals surface area contributed by atoms with Crippen molar-refractivity contribution in [3.8, 4) is 0 Å².